The number of benzene rings is 2. The molecule has 1 heterocycles. The SMILES string of the molecule is NC(CC(=O)NCCCc1nc2ccccc2[nH]1)c1ccccc1. The van der Waals surface area contributed by atoms with E-state index in [0.29, 0.717) is 13.0 Å². The first-order valence-electron chi connectivity index (χ1n) is 8.23. The van der Waals surface area contributed by atoms with Crippen LogP contribution in [0.5, 0.6) is 0 Å². The van der Waals surface area contributed by atoms with Crippen LogP contribution in [0.2, 0.25) is 0 Å². The van der Waals surface area contributed by atoms with Crippen molar-refractivity contribution in [3.8, 4) is 0 Å². The lowest BCUT2D eigenvalue weighted by atomic mass is 10.0. The highest BCUT2D eigenvalue weighted by atomic mass is 16.1. The van der Waals surface area contributed by atoms with Gasteiger partial charge in [-0.1, -0.05) is 42.5 Å². The van der Waals surface area contributed by atoms with Crippen LogP contribution >= 0.6 is 0 Å². The molecule has 1 atom stereocenters. The lowest BCUT2D eigenvalue weighted by molar-refractivity contribution is -0.121. The molecule has 3 aromatic rings. The van der Waals surface area contributed by atoms with Crippen molar-refractivity contribution in [2.75, 3.05) is 6.54 Å². The van der Waals surface area contributed by atoms with Crippen LogP contribution in [0.4, 0.5) is 0 Å². The predicted octanol–water partition coefficient (Wildman–Crippen LogP) is 2.70. The first kappa shape index (κ1) is 16.2. The van der Waals surface area contributed by atoms with Gasteiger partial charge >= 0.3 is 0 Å². The van der Waals surface area contributed by atoms with E-state index in [1.165, 1.54) is 0 Å². The number of amides is 1. The van der Waals surface area contributed by atoms with Crippen LogP contribution in [0.15, 0.2) is 54.6 Å². The molecule has 1 aromatic heterocycles. The number of fused-ring (bicyclic) bond motifs is 1. The third kappa shape index (κ3) is 4.20. The number of rotatable bonds is 7. The van der Waals surface area contributed by atoms with Crippen molar-refractivity contribution in [1.29, 1.82) is 0 Å². The topological polar surface area (TPSA) is 83.8 Å². The van der Waals surface area contributed by atoms with E-state index >= 15 is 0 Å². The maximum Gasteiger partial charge on any atom is 0.221 e. The zero-order valence-corrected chi connectivity index (χ0v) is 13.5. The standard InChI is InChI=1S/C19H22N4O/c20-15(14-7-2-1-3-8-14)13-19(24)21-12-6-11-18-22-16-9-4-5-10-17(16)23-18/h1-5,7-10,15H,6,11-13,20H2,(H,21,24)(H,22,23). The number of nitrogens with zero attached hydrogens (tertiary/aromatic N) is 1. The Labute approximate surface area is 141 Å². The molecular weight excluding hydrogens is 300 g/mol. The summed E-state index contributed by atoms with van der Waals surface area (Å²) in [5, 5.41) is 2.93. The highest BCUT2D eigenvalue weighted by Gasteiger charge is 2.11. The molecule has 2 aromatic carbocycles. The second kappa shape index (κ2) is 7.75. The van der Waals surface area contributed by atoms with Crippen LogP contribution in [0.1, 0.15) is 30.3 Å². The number of nitrogens with two attached hydrogens (primary N) is 1. The van der Waals surface area contributed by atoms with Crippen molar-refractivity contribution in [2.45, 2.75) is 25.3 Å². The highest BCUT2D eigenvalue weighted by Crippen LogP contribution is 2.13. The molecule has 1 unspecified atom stereocenters. The molecule has 1 amide bonds. The Morgan fingerprint density at radius 3 is 2.67 bits per heavy atom. The third-order valence-corrected chi connectivity index (χ3v) is 3.98. The number of carbonyl (C=O) groups is 1. The van der Waals surface area contributed by atoms with Gasteiger partial charge in [0.1, 0.15) is 5.82 Å². The van der Waals surface area contributed by atoms with E-state index in [1.54, 1.807) is 0 Å². The zero-order valence-electron chi connectivity index (χ0n) is 13.5. The first-order valence-corrected chi connectivity index (χ1v) is 8.23. The smallest absolute Gasteiger partial charge is 0.221 e. The largest absolute Gasteiger partial charge is 0.356 e. The van der Waals surface area contributed by atoms with Gasteiger partial charge in [-0.3, -0.25) is 4.79 Å². The molecule has 24 heavy (non-hydrogen) atoms. The van der Waals surface area contributed by atoms with Crippen molar-refractivity contribution in [2.24, 2.45) is 5.73 Å². The Balaban J connectivity index is 1.40. The van der Waals surface area contributed by atoms with Gasteiger partial charge in [0.05, 0.1) is 11.0 Å². The molecule has 0 saturated heterocycles. The summed E-state index contributed by atoms with van der Waals surface area (Å²) < 4.78 is 0. The molecule has 0 aliphatic rings. The zero-order chi connectivity index (χ0) is 16.8. The Morgan fingerprint density at radius 2 is 1.88 bits per heavy atom. The normalized spacial score (nSPS) is 12.2. The highest BCUT2D eigenvalue weighted by molar-refractivity contribution is 5.76. The van der Waals surface area contributed by atoms with Crippen LogP contribution in [0, 0.1) is 0 Å². The summed E-state index contributed by atoms with van der Waals surface area (Å²) in [5.74, 6) is 0.933. The number of hydrogen-bond acceptors (Lipinski definition) is 3. The van der Waals surface area contributed by atoms with Gasteiger partial charge in [-0.2, -0.15) is 0 Å². The van der Waals surface area contributed by atoms with E-state index in [0.717, 1.165) is 35.3 Å². The molecule has 5 heteroatoms. The molecule has 0 bridgehead atoms. The van der Waals surface area contributed by atoms with Crippen molar-refractivity contribution < 1.29 is 4.79 Å². The van der Waals surface area contributed by atoms with Gasteiger partial charge in [-0.05, 0) is 24.1 Å². The summed E-state index contributed by atoms with van der Waals surface area (Å²) >= 11 is 0. The van der Waals surface area contributed by atoms with Gasteiger partial charge in [0, 0.05) is 25.4 Å². The van der Waals surface area contributed by atoms with E-state index in [9.17, 15) is 4.79 Å². The molecule has 5 nitrogen and oxygen atoms in total. The molecule has 4 N–H and O–H groups in total. The molecular formula is C19H22N4O. The lowest BCUT2D eigenvalue weighted by Crippen LogP contribution is -2.28. The average Bonchev–Trinajstić information content (AvgIpc) is 3.02. The van der Waals surface area contributed by atoms with Crippen LogP contribution in [-0.4, -0.2) is 22.4 Å². The van der Waals surface area contributed by atoms with Crippen LogP contribution in [0.3, 0.4) is 0 Å². The van der Waals surface area contributed by atoms with Crippen LogP contribution < -0.4 is 11.1 Å². The number of hydrogen-bond donors (Lipinski definition) is 3. The lowest BCUT2D eigenvalue weighted by Gasteiger charge is -2.11. The number of aromatic amines is 1. The van der Waals surface area contributed by atoms with Crippen molar-refractivity contribution >= 4 is 16.9 Å². The Hall–Kier alpha value is -2.66. The van der Waals surface area contributed by atoms with Gasteiger partial charge in [0.25, 0.3) is 0 Å². The minimum Gasteiger partial charge on any atom is -0.356 e. The van der Waals surface area contributed by atoms with E-state index in [-0.39, 0.29) is 11.9 Å². The van der Waals surface area contributed by atoms with Gasteiger partial charge in [-0.25, -0.2) is 4.98 Å². The molecule has 3 rings (SSSR count). The van der Waals surface area contributed by atoms with Crippen LogP contribution in [0.25, 0.3) is 11.0 Å². The molecule has 0 radical (unpaired) electrons. The Bertz CT molecular complexity index is 764. The molecule has 0 spiro atoms. The quantitative estimate of drug-likeness (QED) is 0.585. The fourth-order valence-corrected chi connectivity index (χ4v) is 2.70. The minimum absolute atomic E-state index is 0.0176. The fourth-order valence-electron chi connectivity index (χ4n) is 2.70. The number of nitrogens with one attached hydrogen (secondary N) is 2. The summed E-state index contributed by atoms with van der Waals surface area (Å²) in [5.41, 5.74) is 9.06. The van der Waals surface area contributed by atoms with E-state index in [2.05, 4.69) is 15.3 Å². The number of aromatic nitrogens is 2. The van der Waals surface area contributed by atoms with E-state index in [1.807, 2.05) is 54.6 Å². The van der Waals surface area contributed by atoms with Gasteiger partial charge < -0.3 is 16.0 Å². The maximum absolute atomic E-state index is 12.0. The van der Waals surface area contributed by atoms with Gasteiger partial charge in [-0.15, -0.1) is 0 Å². The van der Waals surface area contributed by atoms with E-state index in [4.69, 9.17) is 5.73 Å². The summed E-state index contributed by atoms with van der Waals surface area (Å²) in [6, 6.07) is 17.4. The van der Waals surface area contributed by atoms with Crippen molar-refractivity contribution in [1.82, 2.24) is 15.3 Å². The summed E-state index contributed by atoms with van der Waals surface area (Å²) in [7, 11) is 0. The number of carbonyl (C=O) groups excluding carboxylic acids is 1. The van der Waals surface area contributed by atoms with Gasteiger partial charge in [0.2, 0.25) is 5.91 Å². The summed E-state index contributed by atoms with van der Waals surface area (Å²) in [6.45, 7) is 0.622. The van der Waals surface area contributed by atoms with E-state index < -0.39 is 0 Å². The number of H-pyrrole nitrogens is 1. The second-order valence-electron chi connectivity index (χ2n) is 5.88. The third-order valence-electron chi connectivity index (χ3n) is 3.98. The molecule has 0 aliphatic heterocycles. The van der Waals surface area contributed by atoms with Crippen molar-refractivity contribution in [3.05, 3.63) is 66.0 Å². The number of aryl methyl sites for hydroxylation is 1. The Morgan fingerprint density at radius 1 is 1.12 bits per heavy atom. The van der Waals surface area contributed by atoms with Gasteiger partial charge in [0.15, 0.2) is 0 Å². The van der Waals surface area contributed by atoms with Crippen molar-refractivity contribution in [3.63, 3.8) is 0 Å². The summed E-state index contributed by atoms with van der Waals surface area (Å²) in [6.07, 6.45) is 1.94. The number of para-hydroxylation sites is 2. The number of imidazole rings is 1. The molecule has 0 fully saturated rings. The monoisotopic (exact) mass is 322 g/mol. The first-order chi connectivity index (χ1) is 11.7. The molecule has 0 aliphatic carbocycles. The second-order valence-corrected chi connectivity index (χ2v) is 5.88. The predicted molar refractivity (Wildman–Crippen MR) is 95.4 cm³/mol. The maximum atomic E-state index is 12.0. The summed E-state index contributed by atoms with van der Waals surface area (Å²) in [4.78, 5) is 19.8. The Kier molecular flexibility index (Phi) is 5.23. The average molecular weight is 322 g/mol. The minimum atomic E-state index is -0.262. The van der Waals surface area contributed by atoms with Crippen LogP contribution in [-0.2, 0) is 11.2 Å². The molecule has 124 valence electrons. The molecule has 0 saturated carbocycles. The fraction of sp³-hybridized carbons (Fsp3) is 0.263.